The molecule has 0 saturated carbocycles. The summed E-state index contributed by atoms with van der Waals surface area (Å²) in [6, 6.07) is 13.1. The minimum Gasteiger partial charge on any atom is -0.497 e. The van der Waals surface area contributed by atoms with Gasteiger partial charge in [0.25, 0.3) is 0 Å². The lowest BCUT2D eigenvalue weighted by atomic mass is 9.78. The fraction of sp³-hybridized carbons (Fsp3) is 0.379. The molecule has 2 aliphatic heterocycles. The van der Waals surface area contributed by atoms with Gasteiger partial charge in [-0.25, -0.2) is 4.79 Å². The van der Waals surface area contributed by atoms with Gasteiger partial charge in [0.05, 0.1) is 37.7 Å². The van der Waals surface area contributed by atoms with Gasteiger partial charge in [-0.1, -0.05) is 12.1 Å². The lowest BCUT2D eigenvalue weighted by Crippen LogP contribution is -2.36. The molecule has 1 unspecified atom stereocenters. The van der Waals surface area contributed by atoms with Crippen molar-refractivity contribution in [2.24, 2.45) is 0 Å². The van der Waals surface area contributed by atoms with Crippen LogP contribution in [0.5, 0.6) is 11.5 Å². The van der Waals surface area contributed by atoms with Gasteiger partial charge < -0.3 is 28.6 Å². The Hall–Kier alpha value is -3.62. The second-order valence-electron chi connectivity index (χ2n) is 9.98. The zero-order valence-corrected chi connectivity index (χ0v) is 21.4. The van der Waals surface area contributed by atoms with Crippen LogP contribution in [0.4, 0.5) is 0 Å². The van der Waals surface area contributed by atoms with Crippen molar-refractivity contribution in [2.75, 3.05) is 34.0 Å². The van der Waals surface area contributed by atoms with Crippen molar-refractivity contribution in [1.29, 1.82) is 0 Å². The number of pyridine rings is 1. The first-order chi connectivity index (χ1) is 17.7. The molecular formula is C29H31NO7. The number of carboxylic acids is 1. The Balaban J connectivity index is 1.74. The minimum atomic E-state index is -1.24. The molecule has 1 N–H and O–H groups in total. The second-order valence-corrected chi connectivity index (χ2v) is 9.98. The predicted molar refractivity (Wildman–Crippen MR) is 139 cm³/mol. The standard InChI is InChI=1S/C29H31NO7/c1-29(2)27-23(16-37-29)20-13-26(36-10-6-9-34-3)19(17-7-5-8-18(11-17)35-4)12-21(20)24-14-25(31)22(28(32)33)15-30(24)27/h5,7-8,11-15,23,27H,6,9-10,16H2,1-4H3,(H,32,33)/t23-,27?/m1/s1. The number of methoxy groups -OCH3 is 2. The van der Waals surface area contributed by atoms with Gasteiger partial charge >= 0.3 is 5.97 Å². The number of hydrogen-bond acceptors (Lipinski definition) is 6. The molecule has 37 heavy (non-hydrogen) atoms. The number of carboxylic acid groups (broad SMARTS) is 1. The molecule has 194 valence electrons. The molecule has 8 heteroatoms. The van der Waals surface area contributed by atoms with Crippen LogP contribution in [0.1, 0.15) is 48.1 Å². The van der Waals surface area contributed by atoms with E-state index in [2.05, 4.69) is 6.07 Å². The van der Waals surface area contributed by atoms with Gasteiger partial charge in [-0.2, -0.15) is 0 Å². The summed E-state index contributed by atoms with van der Waals surface area (Å²) in [6.07, 6.45) is 2.21. The number of nitrogens with zero attached hydrogens (tertiary/aromatic N) is 1. The van der Waals surface area contributed by atoms with Gasteiger partial charge in [0.1, 0.15) is 17.1 Å². The van der Waals surface area contributed by atoms with Gasteiger partial charge in [0.2, 0.25) is 0 Å². The van der Waals surface area contributed by atoms with Crippen LogP contribution in [0.25, 0.3) is 22.4 Å². The molecule has 0 spiro atoms. The Bertz CT molecular complexity index is 1410. The summed E-state index contributed by atoms with van der Waals surface area (Å²) in [5.74, 6) is 0.164. The minimum absolute atomic E-state index is 0.0395. The molecular weight excluding hydrogens is 474 g/mol. The van der Waals surface area contributed by atoms with Crippen molar-refractivity contribution in [3.8, 4) is 33.9 Å². The largest absolute Gasteiger partial charge is 0.497 e. The first-order valence-corrected chi connectivity index (χ1v) is 12.3. The molecule has 0 bridgehead atoms. The van der Waals surface area contributed by atoms with E-state index < -0.39 is 17.0 Å². The average molecular weight is 506 g/mol. The van der Waals surface area contributed by atoms with Crippen LogP contribution >= 0.6 is 0 Å². The van der Waals surface area contributed by atoms with E-state index in [1.165, 1.54) is 12.3 Å². The summed E-state index contributed by atoms with van der Waals surface area (Å²) in [5, 5.41) is 9.65. The van der Waals surface area contributed by atoms with Crippen molar-refractivity contribution in [2.45, 2.75) is 37.8 Å². The Morgan fingerprint density at radius 2 is 1.95 bits per heavy atom. The lowest BCUT2D eigenvalue weighted by molar-refractivity contribution is 0.0145. The fourth-order valence-electron chi connectivity index (χ4n) is 5.56. The smallest absolute Gasteiger partial charge is 0.341 e. The summed E-state index contributed by atoms with van der Waals surface area (Å²) in [5.41, 5.74) is 2.97. The van der Waals surface area contributed by atoms with E-state index >= 15 is 0 Å². The molecule has 0 aliphatic carbocycles. The van der Waals surface area contributed by atoms with Crippen LogP contribution in [-0.2, 0) is 9.47 Å². The van der Waals surface area contributed by atoms with E-state index in [9.17, 15) is 14.7 Å². The van der Waals surface area contributed by atoms with E-state index in [4.69, 9.17) is 18.9 Å². The molecule has 2 aromatic carbocycles. The molecule has 2 aliphatic rings. The first kappa shape index (κ1) is 25.0. The van der Waals surface area contributed by atoms with Gasteiger partial charge in [0.15, 0.2) is 5.43 Å². The molecule has 1 fully saturated rings. The number of ether oxygens (including phenoxy) is 4. The quantitative estimate of drug-likeness (QED) is 0.441. The highest BCUT2D eigenvalue weighted by molar-refractivity contribution is 5.88. The molecule has 8 nitrogen and oxygen atoms in total. The number of fused-ring (bicyclic) bond motifs is 6. The molecule has 3 heterocycles. The molecule has 2 atom stereocenters. The molecule has 3 aromatic rings. The Morgan fingerprint density at radius 3 is 2.68 bits per heavy atom. The normalized spacial score (nSPS) is 19.0. The number of aromatic carboxylic acids is 1. The van der Waals surface area contributed by atoms with Crippen LogP contribution in [0.3, 0.4) is 0 Å². The van der Waals surface area contributed by atoms with E-state index in [0.717, 1.165) is 34.4 Å². The zero-order chi connectivity index (χ0) is 26.3. The van der Waals surface area contributed by atoms with Gasteiger partial charge in [0, 0.05) is 49.4 Å². The highest BCUT2D eigenvalue weighted by Gasteiger charge is 2.49. The Labute approximate surface area is 215 Å². The summed E-state index contributed by atoms with van der Waals surface area (Å²) in [7, 11) is 3.29. The highest BCUT2D eigenvalue weighted by Crippen LogP contribution is 2.54. The summed E-state index contributed by atoms with van der Waals surface area (Å²) in [4.78, 5) is 24.6. The monoisotopic (exact) mass is 505 g/mol. The highest BCUT2D eigenvalue weighted by atomic mass is 16.5. The number of rotatable bonds is 8. The van der Waals surface area contributed by atoms with E-state index in [0.29, 0.717) is 31.3 Å². The summed E-state index contributed by atoms with van der Waals surface area (Å²) < 4.78 is 25.1. The van der Waals surface area contributed by atoms with Gasteiger partial charge in [-0.15, -0.1) is 0 Å². The van der Waals surface area contributed by atoms with Crippen molar-refractivity contribution in [3.63, 3.8) is 0 Å². The van der Waals surface area contributed by atoms with E-state index in [1.54, 1.807) is 14.2 Å². The topological polar surface area (TPSA) is 96.2 Å². The first-order valence-electron chi connectivity index (χ1n) is 12.3. The third kappa shape index (κ3) is 4.40. The Kier molecular flexibility index (Phi) is 6.56. The number of aromatic nitrogens is 1. The summed E-state index contributed by atoms with van der Waals surface area (Å²) in [6.45, 7) is 5.54. The third-order valence-corrected chi connectivity index (χ3v) is 7.30. The third-order valence-electron chi connectivity index (χ3n) is 7.30. The molecule has 1 aromatic heterocycles. The van der Waals surface area contributed by atoms with Gasteiger partial charge in [-0.3, -0.25) is 4.79 Å². The SMILES string of the molecule is COCCCOc1cc2c(cc1-c1cccc(OC)c1)-c1cc(=O)c(C(=O)O)cn1C1[C@@H]2COC1(C)C. The maximum absolute atomic E-state index is 12.8. The predicted octanol–water partition coefficient (Wildman–Crippen LogP) is 4.75. The van der Waals surface area contributed by atoms with Crippen LogP contribution in [0.15, 0.2) is 53.5 Å². The van der Waals surface area contributed by atoms with Crippen LogP contribution in [-0.4, -0.2) is 55.3 Å². The lowest BCUT2D eigenvalue weighted by Gasteiger charge is -2.38. The Morgan fingerprint density at radius 1 is 1.14 bits per heavy atom. The molecule has 1 saturated heterocycles. The van der Waals surface area contributed by atoms with Gasteiger partial charge in [-0.05, 0) is 49.2 Å². The maximum atomic E-state index is 12.8. The maximum Gasteiger partial charge on any atom is 0.341 e. The number of carbonyl (C=O) groups is 1. The molecule has 5 rings (SSSR count). The second kappa shape index (κ2) is 9.68. The molecule has 0 radical (unpaired) electrons. The van der Waals surface area contributed by atoms with E-state index in [1.807, 2.05) is 48.7 Å². The van der Waals surface area contributed by atoms with Crippen molar-refractivity contribution in [3.05, 3.63) is 70.0 Å². The molecule has 0 amide bonds. The van der Waals surface area contributed by atoms with Crippen molar-refractivity contribution >= 4 is 5.97 Å². The van der Waals surface area contributed by atoms with Crippen LogP contribution in [0, 0.1) is 0 Å². The summed E-state index contributed by atoms with van der Waals surface area (Å²) >= 11 is 0. The average Bonchev–Trinajstić information content (AvgIpc) is 3.21. The van der Waals surface area contributed by atoms with Crippen molar-refractivity contribution in [1.82, 2.24) is 4.57 Å². The number of hydrogen-bond donors (Lipinski definition) is 1. The fourth-order valence-corrected chi connectivity index (χ4v) is 5.56. The van der Waals surface area contributed by atoms with E-state index in [-0.39, 0.29) is 17.5 Å². The number of benzene rings is 2. The van der Waals surface area contributed by atoms with Crippen LogP contribution in [0.2, 0.25) is 0 Å². The zero-order valence-electron chi connectivity index (χ0n) is 21.4. The van der Waals surface area contributed by atoms with Crippen molar-refractivity contribution < 1.29 is 28.8 Å². The van der Waals surface area contributed by atoms with Crippen LogP contribution < -0.4 is 14.9 Å².